The lowest BCUT2D eigenvalue weighted by atomic mass is 10.0. The number of nitrogens with zero attached hydrogens (tertiary/aromatic N) is 4. The van der Waals surface area contributed by atoms with Crippen LogP contribution in [0.3, 0.4) is 0 Å². The van der Waals surface area contributed by atoms with Gasteiger partial charge >= 0.3 is 6.01 Å². The van der Waals surface area contributed by atoms with Gasteiger partial charge in [-0.25, -0.2) is 4.39 Å². The highest BCUT2D eigenvalue weighted by Gasteiger charge is 2.33. The molecule has 3 N–H and O–H groups in total. The number of nitrogens with one attached hydrogen (secondary N) is 1. The van der Waals surface area contributed by atoms with Gasteiger partial charge in [0.05, 0.1) is 12.8 Å². The first kappa shape index (κ1) is 19.6. The molecule has 0 saturated heterocycles. The molecule has 1 aromatic heterocycles. The van der Waals surface area contributed by atoms with Crippen LogP contribution in [0.4, 0.5) is 22.0 Å². The molecular formula is C21H21FN6O2. The second-order valence-corrected chi connectivity index (χ2v) is 7.02. The first-order valence-electron chi connectivity index (χ1n) is 9.45. The first-order chi connectivity index (χ1) is 14.5. The van der Waals surface area contributed by atoms with Crippen LogP contribution < -0.4 is 20.7 Å². The lowest BCUT2D eigenvalue weighted by molar-refractivity contribution is 0.0999. The van der Waals surface area contributed by atoms with Crippen molar-refractivity contribution < 1.29 is 13.9 Å². The summed E-state index contributed by atoms with van der Waals surface area (Å²) in [6, 6.07) is 12.3. The van der Waals surface area contributed by atoms with Crippen LogP contribution in [0, 0.1) is 5.82 Å². The Morgan fingerprint density at radius 2 is 2.03 bits per heavy atom. The number of anilines is 3. The van der Waals surface area contributed by atoms with Gasteiger partial charge < -0.3 is 20.7 Å². The molecule has 8 nitrogen and oxygen atoms in total. The van der Waals surface area contributed by atoms with Crippen LogP contribution in [0.1, 0.15) is 28.4 Å². The van der Waals surface area contributed by atoms with E-state index < -0.39 is 11.7 Å². The average Bonchev–Trinajstić information content (AvgIpc) is 3.07. The van der Waals surface area contributed by atoms with Gasteiger partial charge in [-0.15, -0.1) is 0 Å². The third-order valence-corrected chi connectivity index (χ3v) is 4.95. The van der Waals surface area contributed by atoms with E-state index in [0.29, 0.717) is 36.1 Å². The summed E-state index contributed by atoms with van der Waals surface area (Å²) in [4.78, 5) is 26.7. The predicted molar refractivity (Wildman–Crippen MR) is 110 cm³/mol. The number of halogens is 1. The minimum absolute atomic E-state index is 0.117. The van der Waals surface area contributed by atoms with Crippen LogP contribution >= 0.6 is 0 Å². The molecule has 0 fully saturated rings. The highest BCUT2D eigenvalue weighted by molar-refractivity contribution is 5.97. The number of nitrogens with two attached hydrogens (primary N) is 1. The second-order valence-electron chi connectivity index (χ2n) is 7.02. The van der Waals surface area contributed by atoms with Gasteiger partial charge in [-0.3, -0.25) is 4.79 Å². The van der Waals surface area contributed by atoms with Crippen molar-refractivity contribution in [1.82, 2.24) is 15.0 Å². The summed E-state index contributed by atoms with van der Waals surface area (Å²) < 4.78 is 19.4. The molecule has 9 heteroatoms. The zero-order valence-corrected chi connectivity index (χ0v) is 16.6. The van der Waals surface area contributed by atoms with Gasteiger partial charge in [0.2, 0.25) is 17.8 Å². The third-order valence-electron chi connectivity index (χ3n) is 4.95. The lowest BCUT2D eigenvalue weighted by Gasteiger charge is -2.23. The standard InChI is InChI=1S/C21H21FN6O2/c1-12-8-15-16(18(23)29)9-14(22)10-17(15)28(12)20-25-19(26-21(27-20)30-2)24-11-13-6-4-3-5-7-13/h3-7,9-10,12H,8,11H2,1-2H3,(H2,23,29)(H,24,25,26,27). The summed E-state index contributed by atoms with van der Waals surface area (Å²) in [7, 11) is 1.46. The number of ether oxygens (including phenoxy) is 1. The van der Waals surface area contributed by atoms with Crippen LogP contribution in [0.5, 0.6) is 6.01 Å². The minimum Gasteiger partial charge on any atom is -0.467 e. The fourth-order valence-corrected chi connectivity index (χ4v) is 3.60. The van der Waals surface area contributed by atoms with Crippen molar-refractivity contribution in [3.05, 3.63) is 65.0 Å². The van der Waals surface area contributed by atoms with E-state index in [9.17, 15) is 9.18 Å². The van der Waals surface area contributed by atoms with Crippen molar-refractivity contribution in [2.75, 3.05) is 17.3 Å². The molecule has 30 heavy (non-hydrogen) atoms. The zero-order chi connectivity index (χ0) is 21.3. The molecular weight excluding hydrogens is 387 g/mol. The Hall–Kier alpha value is -3.75. The molecule has 0 radical (unpaired) electrons. The van der Waals surface area contributed by atoms with Crippen LogP contribution in [0.25, 0.3) is 0 Å². The van der Waals surface area contributed by atoms with E-state index in [4.69, 9.17) is 10.5 Å². The maximum Gasteiger partial charge on any atom is 0.322 e. The third kappa shape index (κ3) is 3.73. The summed E-state index contributed by atoms with van der Waals surface area (Å²) >= 11 is 0. The number of aromatic nitrogens is 3. The molecule has 1 atom stereocenters. The zero-order valence-electron chi connectivity index (χ0n) is 16.6. The van der Waals surface area contributed by atoms with Crippen LogP contribution in [0.15, 0.2) is 42.5 Å². The van der Waals surface area contributed by atoms with E-state index in [1.54, 1.807) is 4.90 Å². The maximum atomic E-state index is 14.2. The number of primary amides is 1. The van der Waals surface area contributed by atoms with E-state index in [0.717, 1.165) is 11.6 Å². The molecule has 154 valence electrons. The normalized spacial score (nSPS) is 15.0. The Balaban J connectivity index is 1.71. The first-order valence-corrected chi connectivity index (χ1v) is 9.45. The van der Waals surface area contributed by atoms with Crippen LogP contribution in [-0.4, -0.2) is 34.0 Å². The van der Waals surface area contributed by atoms with Crippen molar-refractivity contribution in [1.29, 1.82) is 0 Å². The summed E-state index contributed by atoms with van der Waals surface area (Å²) in [5, 5.41) is 3.16. The fourth-order valence-electron chi connectivity index (χ4n) is 3.60. The molecule has 1 aliphatic heterocycles. The fraction of sp³-hybridized carbons (Fsp3) is 0.238. The largest absolute Gasteiger partial charge is 0.467 e. The van der Waals surface area contributed by atoms with Gasteiger partial charge in [-0.05, 0) is 36.6 Å². The second kappa shape index (κ2) is 7.94. The van der Waals surface area contributed by atoms with Crippen LogP contribution in [-0.2, 0) is 13.0 Å². The van der Waals surface area contributed by atoms with Gasteiger partial charge in [0.1, 0.15) is 5.82 Å². The molecule has 3 aromatic rings. The monoisotopic (exact) mass is 408 g/mol. The van der Waals surface area contributed by atoms with Gasteiger partial charge in [0, 0.05) is 18.2 Å². The minimum atomic E-state index is -0.668. The quantitative estimate of drug-likeness (QED) is 0.646. The number of carbonyl (C=O) groups excluding carboxylic acids is 1. The number of methoxy groups -OCH3 is 1. The number of benzene rings is 2. The predicted octanol–water partition coefficient (Wildman–Crippen LogP) is 2.81. The summed E-state index contributed by atoms with van der Waals surface area (Å²) in [6.07, 6.45) is 0.509. The number of fused-ring (bicyclic) bond motifs is 1. The molecule has 0 spiro atoms. The lowest BCUT2D eigenvalue weighted by Crippen LogP contribution is -2.26. The topological polar surface area (TPSA) is 106 Å². The van der Waals surface area contributed by atoms with E-state index >= 15 is 0 Å². The Morgan fingerprint density at radius 1 is 1.27 bits per heavy atom. The van der Waals surface area contributed by atoms with E-state index in [2.05, 4.69) is 20.3 Å². The Kier molecular flexibility index (Phi) is 5.18. The van der Waals surface area contributed by atoms with Gasteiger partial charge in [-0.2, -0.15) is 15.0 Å². The smallest absolute Gasteiger partial charge is 0.322 e. The molecule has 1 amide bonds. The number of hydrogen-bond donors (Lipinski definition) is 2. The molecule has 0 saturated carbocycles. The Labute approximate surface area is 172 Å². The molecule has 2 heterocycles. The molecule has 1 unspecified atom stereocenters. The molecule has 0 aliphatic carbocycles. The molecule has 2 aromatic carbocycles. The van der Waals surface area contributed by atoms with E-state index in [-0.39, 0.29) is 17.6 Å². The summed E-state index contributed by atoms with van der Waals surface area (Å²) in [5.74, 6) is -0.596. The summed E-state index contributed by atoms with van der Waals surface area (Å²) in [5.41, 5.74) is 7.87. The van der Waals surface area contributed by atoms with E-state index in [1.165, 1.54) is 13.2 Å². The molecule has 4 rings (SSSR count). The van der Waals surface area contributed by atoms with E-state index in [1.807, 2.05) is 37.3 Å². The van der Waals surface area contributed by atoms with Crippen molar-refractivity contribution in [2.45, 2.75) is 25.9 Å². The van der Waals surface area contributed by atoms with Gasteiger partial charge in [0.15, 0.2) is 0 Å². The average molecular weight is 408 g/mol. The van der Waals surface area contributed by atoms with Crippen molar-refractivity contribution in [3.8, 4) is 6.01 Å². The summed E-state index contributed by atoms with van der Waals surface area (Å²) in [6.45, 7) is 2.45. The molecule has 0 bridgehead atoms. The van der Waals surface area contributed by atoms with Crippen LogP contribution in [0.2, 0.25) is 0 Å². The van der Waals surface area contributed by atoms with Gasteiger partial charge in [0.25, 0.3) is 0 Å². The van der Waals surface area contributed by atoms with Crippen molar-refractivity contribution in [2.24, 2.45) is 5.73 Å². The van der Waals surface area contributed by atoms with Crippen molar-refractivity contribution >= 4 is 23.5 Å². The number of carbonyl (C=O) groups is 1. The molecule has 1 aliphatic rings. The number of hydrogen-bond acceptors (Lipinski definition) is 7. The van der Waals surface area contributed by atoms with Crippen molar-refractivity contribution in [3.63, 3.8) is 0 Å². The van der Waals surface area contributed by atoms with Gasteiger partial charge in [-0.1, -0.05) is 30.3 Å². The highest BCUT2D eigenvalue weighted by Crippen LogP contribution is 2.39. The SMILES string of the molecule is COc1nc(NCc2ccccc2)nc(N2c3cc(F)cc(C(N)=O)c3CC2C)n1. The maximum absolute atomic E-state index is 14.2. The Bertz CT molecular complexity index is 1090. The highest BCUT2D eigenvalue weighted by atomic mass is 19.1. The Morgan fingerprint density at radius 3 is 2.73 bits per heavy atom. The number of rotatable bonds is 6. The number of amides is 1.